The number of hydrogen-bond donors (Lipinski definition) is 6. The molecule has 1 aliphatic rings. The first-order valence-corrected chi connectivity index (χ1v) is 22.9. The van der Waals surface area contributed by atoms with Crippen molar-refractivity contribution >= 4 is 5.91 Å². The minimum atomic E-state index is -1.57. The van der Waals surface area contributed by atoms with E-state index in [4.69, 9.17) is 9.47 Å². The van der Waals surface area contributed by atoms with Crippen molar-refractivity contribution in [2.24, 2.45) is 0 Å². The highest BCUT2D eigenvalue weighted by molar-refractivity contribution is 5.76. The van der Waals surface area contributed by atoms with Gasteiger partial charge in [-0.15, -0.1) is 0 Å². The summed E-state index contributed by atoms with van der Waals surface area (Å²) in [4.78, 5) is 12.9. The van der Waals surface area contributed by atoms with Gasteiger partial charge in [-0.25, -0.2) is 0 Å². The molecule has 1 saturated heterocycles. The number of carbonyl (C=O) groups is 1. The third-order valence-corrected chi connectivity index (χ3v) is 10.6. The molecule has 0 radical (unpaired) electrons. The second kappa shape index (κ2) is 37.4. The van der Waals surface area contributed by atoms with Gasteiger partial charge in [-0.1, -0.05) is 159 Å². The van der Waals surface area contributed by atoms with Crippen molar-refractivity contribution in [2.45, 2.75) is 230 Å². The van der Waals surface area contributed by atoms with E-state index in [1.165, 1.54) is 103 Å². The number of amides is 1. The van der Waals surface area contributed by atoms with Crippen molar-refractivity contribution in [2.75, 3.05) is 13.2 Å². The summed E-state index contributed by atoms with van der Waals surface area (Å²) in [6.07, 6.45) is 40.1. The third-order valence-electron chi connectivity index (χ3n) is 10.6. The van der Waals surface area contributed by atoms with Gasteiger partial charge in [0.1, 0.15) is 24.4 Å². The van der Waals surface area contributed by atoms with Gasteiger partial charge < -0.3 is 40.3 Å². The first kappa shape index (κ1) is 52.2. The predicted octanol–water partition coefficient (Wildman–Crippen LogP) is 9.45. The lowest BCUT2D eigenvalue weighted by molar-refractivity contribution is -0.302. The average Bonchev–Trinajstić information content (AvgIpc) is 3.20. The summed E-state index contributed by atoms with van der Waals surface area (Å²) < 4.78 is 11.2. The molecule has 6 N–H and O–H groups in total. The van der Waals surface area contributed by atoms with Crippen molar-refractivity contribution in [3.05, 3.63) is 48.6 Å². The van der Waals surface area contributed by atoms with Gasteiger partial charge in [-0.3, -0.25) is 4.79 Å². The van der Waals surface area contributed by atoms with Crippen LogP contribution < -0.4 is 5.32 Å². The fraction of sp³-hybridized carbons (Fsp3) is 0.809. The maximum absolute atomic E-state index is 12.9. The van der Waals surface area contributed by atoms with E-state index in [0.29, 0.717) is 6.42 Å². The Kier molecular flexibility index (Phi) is 34.9. The Morgan fingerprint density at radius 2 is 1.02 bits per heavy atom. The van der Waals surface area contributed by atoms with Gasteiger partial charge in [0.05, 0.1) is 25.4 Å². The SMILES string of the molecule is CCCCCC/C=C/CC/C=C/CC/C=C/C(O)C(COC1OC(CO)C(O)C(O)C1O)NC(=O)CCCCCCCCC/C=C\CCCCCCCCCC. The fourth-order valence-electron chi connectivity index (χ4n) is 6.89. The van der Waals surface area contributed by atoms with Crippen molar-refractivity contribution < 1.29 is 39.8 Å². The number of nitrogens with one attached hydrogen (secondary N) is 1. The molecule has 1 aliphatic heterocycles. The van der Waals surface area contributed by atoms with Gasteiger partial charge in [-0.2, -0.15) is 0 Å². The highest BCUT2D eigenvalue weighted by Crippen LogP contribution is 2.22. The number of allylic oxidation sites excluding steroid dienone is 7. The van der Waals surface area contributed by atoms with Crippen LogP contribution in [-0.4, -0.2) is 87.5 Å². The second-order valence-corrected chi connectivity index (χ2v) is 15.8. The van der Waals surface area contributed by atoms with Gasteiger partial charge in [0.2, 0.25) is 5.91 Å². The van der Waals surface area contributed by atoms with Gasteiger partial charge in [0, 0.05) is 6.42 Å². The molecule has 0 aromatic carbocycles. The quantitative estimate of drug-likeness (QED) is 0.0269. The largest absolute Gasteiger partial charge is 0.394 e. The van der Waals surface area contributed by atoms with Gasteiger partial charge in [0.25, 0.3) is 0 Å². The van der Waals surface area contributed by atoms with Gasteiger partial charge >= 0.3 is 0 Å². The van der Waals surface area contributed by atoms with Crippen LogP contribution in [0.3, 0.4) is 0 Å². The fourth-order valence-corrected chi connectivity index (χ4v) is 6.89. The lowest BCUT2D eigenvalue weighted by Gasteiger charge is -2.40. The molecular formula is C47H85NO8. The third kappa shape index (κ3) is 27.7. The van der Waals surface area contributed by atoms with Crippen LogP contribution in [0.5, 0.6) is 0 Å². The Bertz CT molecular complexity index is 1010. The Hall–Kier alpha value is -1.85. The van der Waals surface area contributed by atoms with Crippen molar-refractivity contribution in [3.63, 3.8) is 0 Å². The molecule has 0 bridgehead atoms. The molecule has 326 valence electrons. The lowest BCUT2D eigenvalue weighted by Crippen LogP contribution is -2.60. The maximum atomic E-state index is 12.9. The summed E-state index contributed by atoms with van der Waals surface area (Å²) in [6, 6.07) is -0.829. The first-order chi connectivity index (χ1) is 27.3. The van der Waals surface area contributed by atoms with Crippen LogP contribution in [0.1, 0.15) is 187 Å². The predicted molar refractivity (Wildman–Crippen MR) is 230 cm³/mol. The highest BCUT2D eigenvalue weighted by atomic mass is 16.7. The molecule has 9 heteroatoms. The molecule has 0 aromatic rings. The Morgan fingerprint density at radius 3 is 1.52 bits per heavy atom. The zero-order chi connectivity index (χ0) is 40.9. The van der Waals surface area contributed by atoms with E-state index in [2.05, 4.69) is 55.6 Å². The molecular weight excluding hydrogens is 707 g/mol. The van der Waals surface area contributed by atoms with Gasteiger partial charge in [-0.05, 0) is 70.6 Å². The number of carbonyl (C=O) groups excluding carboxylic acids is 1. The molecule has 7 unspecified atom stereocenters. The van der Waals surface area contributed by atoms with Crippen LogP contribution >= 0.6 is 0 Å². The summed E-state index contributed by atoms with van der Waals surface area (Å²) in [5, 5.41) is 54.1. The standard InChI is InChI=1S/C47H85NO8/c1-3-5-7-9-11-13-15-17-19-20-21-22-23-25-27-29-31-33-35-37-43(51)48-40(39-55-47-46(54)45(53)44(52)42(38-49)56-47)41(50)36-34-32-30-28-26-24-18-16-14-12-10-8-6-4-2/h14,16,20-21,26,28,34,36,40-42,44-47,49-50,52-54H,3-13,15,17-19,22-25,27,29-33,35,37-39H2,1-2H3,(H,48,51)/b16-14+,21-20-,28-26+,36-34+. The van der Waals surface area contributed by atoms with Crippen molar-refractivity contribution in [3.8, 4) is 0 Å². The summed E-state index contributed by atoms with van der Waals surface area (Å²) in [5.74, 6) is -0.198. The molecule has 0 aromatic heterocycles. The smallest absolute Gasteiger partial charge is 0.220 e. The monoisotopic (exact) mass is 792 g/mol. The van der Waals surface area contributed by atoms with Crippen LogP contribution in [0.2, 0.25) is 0 Å². The molecule has 0 spiro atoms. The molecule has 0 saturated carbocycles. The molecule has 1 heterocycles. The normalized spacial score (nSPS) is 21.6. The summed E-state index contributed by atoms with van der Waals surface area (Å²) >= 11 is 0. The van der Waals surface area contributed by atoms with Gasteiger partial charge in [0.15, 0.2) is 6.29 Å². The van der Waals surface area contributed by atoms with Crippen LogP contribution in [0.25, 0.3) is 0 Å². The first-order valence-electron chi connectivity index (χ1n) is 22.9. The van der Waals surface area contributed by atoms with Crippen molar-refractivity contribution in [1.29, 1.82) is 0 Å². The molecule has 0 aliphatic carbocycles. The molecule has 1 fully saturated rings. The van der Waals surface area contributed by atoms with E-state index >= 15 is 0 Å². The Balaban J connectivity index is 2.38. The van der Waals surface area contributed by atoms with E-state index in [9.17, 15) is 30.3 Å². The van der Waals surface area contributed by atoms with E-state index < -0.39 is 49.5 Å². The Labute approximate surface area is 342 Å². The minimum absolute atomic E-state index is 0.198. The number of unbranched alkanes of at least 4 members (excludes halogenated alkanes) is 21. The number of hydrogen-bond acceptors (Lipinski definition) is 8. The molecule has 1 rings (SSSR count). The summed E-state index contributed by atoms with van der Waals surface area (Å²) in [5.41, 5.74) is 0. The number of rotatable bonds is 37. The number of ether oxygens (including phenoxy) is 2. The molecule has 7 atom stereocenters. The molecule has 9 nitrogen and oxygen atoms in total. The van der Waals surface area contributed by atoms with E-state index in [1.807, 2.05) is 6.08 Å². The van der Waals surface area contributed by atoms with Crippen molar-refractivity contribution in [1.82, 2.24) is 5.32 Å². The summed E-state index contributed by atoms with van der Waals surface area (Å²) in [7, 11) is 0. The molecule has 56 heavy (non-hydrogen) atoms. The van der Waals surface area contributed by atoms with Crippen LogP contribution in [-0.2, 0) is 14.3 Å². The van der Waals surface area contributed by atoms with E-state index in [-0.39, 0.29) is 12.5 Å². The zero-order valence-corrected chi connectivity index (χ0v) is 35.6. The maximum Gasteiger partial charge on any atom is 0.220 e. The number of aliphatic hydroxyl groups excluding tert-OH is 5. The van der Waals surface area contributed by atoms with Crippen LogP contribution in [0.15, 0.2) is 48.6 Å². The van der Waals surface area contributed by atoms with E-state index in [0.717, 1.165) is 64.2 Å². The zero-order valence-electron chi connectivity index (χ0n) is 35.6. The minimum Gasteiger partial charge on any atom is -0.394 e. The average molecular weight is 792 g/mol. The van der Waals surface area contributed by atoms with Crippen LogP contribution in [0.4, 0.5) is 0 Å². The highest BCUT2D eigenvalue weighted by Gasteiger charge is 2.44. The number of aliphatic hydroxyl groups is 5. The Morgan fingerprint density at radius 1 is 0.589 bits per heavy atom. The summed E-state index contributed by atoms with van der Waals surface area (Å²) in [6.45, 7) is 3.71. The van der Waals surface area contributed by atoms with Crippen LogP contribution in [0, 0.1) is 0 Å². The molecule has 1 amide bonds. The second-order valence-electron chi connectivity index (χ2n) is 15.8. The topological polar surface area (TPSA) is 149 Å². The van der Waals surface area contributed by atoms with E-state index in [1.54, 1.807) is 6.08 Å². The lowest BCUT2D eigenvalue weighted by atomic mass is 9.99.